The number of halogens is 1. The third kappa shape index (κ3) is 10.1. The van der Waals surface area contributed by atoms with E-state index in [9.17, 15) is 25.4 Å². The zero-order valence-electron chi connectivity index (χ0n) is 31.3. The number of β-amino-alcohol motifs (C(OH)–C–C–N with tert-alkyl or cyclic N) is 1. The Morgan fingerprint density at radius 3 is 2.56 bits per heavy atom. The second-order valence-corrected chi connectivity index (χ2v) is 14.6. The van der Waals surface area contributed by atoms with Crippen molar-refractivity contribution in [2.45, 2.75) is 66.4 Å². The third-order valence-corrected chi connectivity index (χ3v) is 10.3. The summed E-state index contributed by atoms with van der Waals surface area (Å²) in [5.41, 5.74) is 6.85. The number of aromatic nitrogens is 1. The van der Waals surface area contributed by atoms with Crippen molar-refractivity contribution in [1.29, 1.82) is 5.26 Å². The molecule has 0 amide bonds. The molecule has 2 atom stereocenters. The van der Waals surface area contributed by atoms with Crippen LogP contribution in [0.25, 0.3) is 11.1 Å². The molecule has 5 rings (SSSR count). The summed E-state index contributed by atoms with van der Waals surface area (Å²) in [5, 5.41) is 41.9. The molecule has 1 aromatic heterocycles. The lowest BCUT2D eigenvalue weighted by Gasteiger charge is -2.23. The predicted molar refractivity (Wildman–Crippen MR) is 207 cm³/mol. The van der Waals surface area contributed by atoms with E-state index in [1.54, 1.807) is 24.4 Å². The minimum atomic E-state index is -1.37. The predicted octanol–water partition coefficient (Wildman–Crippen LogP) is 6.37. The highest BCUT2D eigenvalue weighted by Gasteiger charge is 2.32. The highest BCUT2D eigenvalue weighted by Crippen LogP contribution is 2.38. The Labute approximate surface area is 322 Å². The molecule has 1 saturated heterocycles. The first-order valence-electron chi connectivity index (χ1n) is 18.1. The topological polar surface area (TPSA) is 157 Å². The number of aliphatic hydroxyl groups is 2. The summed E-state index contributed by atoms with van der Waals surface area (Å²) >= 11 is 6.78. The smallest absolute Gasteiger partial charge is 0.313 e. The number of aliphatic hydroxyl groups excluding tert-OH is 2. The molecule has 0 saturated carbocycles. The number of likely N-dealkylation sites (tertiary alicyclic amines) is 1. The Balaban J connectivity index is 1.33. The first-order chi connectivity index (χ1) is 25.9. The number of nitrogens with zero attached hydrogens (tertiary/aromatic N) is 3. The number of benzene rings is 3. The van der Waals surface area contributed by atoms with Crippen LogP contribution in [0.4, 0.5) is 0 Å². The molecule has 1 fully saturated rings. The number of hydrogen-bond donors (Lipinski definition) is 4. The van der Waals surface area contributed by atoms with Gasteiger partial charge in [0.25, 0.3) is 0 Å². The van der Waals surface area contributed by atoms with E-state index in [-0.39, 0.29) is 32.4 Å². The van der Waals surface area contributed by atoms with Gasteiger partial charge >= 0.3 is 5.97 Å². The van der Waals surface area contributed by atoms with E-state index in [2.05, 4.69) is 54.2 Å². The number of aliphatic carboxylic acids is 1. The van der Waals surface area contributed by atoms with Crippen molar-refractivity contribution < 1.29 is 34.3 Å². The zero-order chi connectivity index (χ0) is 38.8. The summed E-state index contributed by atoms with van der Waals surface area (Å²) < 4.78 is 18.8. The molecule has 2 heterocycles. The monoisotopic (exact) mass is 756 g/mol. The van der Waals surface area contributed by atoms with Crippen molar-refractivity contribution in [2.75, 3.05) is 39.4 Å². The van der Waals surface area contributed by atoms with E-state index in [0.717, 1.165) is 71.6 Å². The largest absolute Gasteiger partial charge is 0.493 e. The fourth-order valence-electron chi connectivity index (χ4n) is 6.57. The first kappa shape index (κ1) is 40.5. The van der Waals surface area contributed by atoms with Crippen molar-refractivity contribution in [1.82, 2.24) is 15.2 Å². The van der Waals surface area contributed by atoms with Gasteiger partial charge in [-0.05, 0) is 92.1 Å². The van der Waals surface area contributed by atoms with Crippen LogP contribution in [0.2, 0.25) is 5.02 Å². The molecule has 1 aliphatic rings. The highest BCUT2D eigenvalue weighted by molar-refractivity contribution is 6.32. The van der Waals surface area contributed by atoms with E-state index in [4.69, 9.17) is 25.8 Å². The van der Waals surface area contributed by atoms with Crippen LogP contribution in [-0.2, 0) is 24.6 Å². The molecule has 3 aromatic carbocycles. The number of rotatable bonds is 18. The molecule has 54 heavy (non-hydrogen) atoms. The molecule has 0 unspecified atom stereocenters. The van der Waals surface area contributed by atoms with Crippen molar-refractivity contribution in [2.24, 2.45) is 5.41 Å². The van der Waals surface area contributed by atoms with E-state index < -0.39 is 18.0 Å². The molecular weight excluding hydrogens is 708 g/mol. The SMILES string of the molecule is Cc1ccc(OCCCN2CC[C@@H](O)C2)c(C)c1-c1cccc(COc2cc(OCc3cncc(C#N)c3)c(CNC[C@@](C)(CO)C(=O)O)cc2Cl)c1C. The highest BCUT2D eigenvalue weighted by atomic mass is 35.5. The maximum atomic E-state index is 11.7. The molecule has 4 N–H and O–H groups in total. The molecular formula is C42H49ClN4O7. The van der Waals surface area contributed by atoms with Gasteiger partial charge in [0.1, 0.15) is 41.9 Å². The van der Waals surface area contributed by atoms with Crippen LogP contribution in [0.3, 0.4) is 0 Å². The van der Waals surface area contributed by atoms with Crippen LogP contribution >= 0.6 is 11.6 Å². The van der Waals surface area contributed by atoms with Gasteiger partial charge in [0, 0.05) is 62.3 Å². The molecule has 12 heteroatoms. The Morgan fingerprint density at radius 2 is 1.83 bits per heavy atom. The van der Waals surface area contributed by atoms with Gasteiger partial charge in [-0.15, -0.1) is 0 Å². The quantitative estimate of drug-likeness (QED) is 0.0838. The molecule has 11 nitrogen and oxygen atoms in total. The van der Waals surface area contributed by atoms with Crippen LogP contribution in [0.15, 0.2) is 60.9 Å². The van der Waals surface area contributed by atoms with E-state index >= 15 is 0 Å². The summed E-state index contributed by atoms with van der Waals surface area (Å²) in [5.74, 6) is 0.599. The minimum Gasteiger partial charge on any atom is -0.493 e. The number of carboxylic acids is 1. The Hall–Kier alpha value is -4.70. The van der Waals surface area contributed by atoms with E-state index in [1.165, 1.54) is 13.1 Å². The first-order valence-corrected chi connectivity index (χ1v) is 18.5. The molecule has 0 aliphatic carbocycles. The van der Waals surface area contributed by atoms with Crippen molar-refractivity contribution in [3.8, 4) is 34.4 Å². The van der Waals surface area contributed by atoms with Crippen molar-refractivity contribution >= 4 is 17.6 Å². The summed E-state index contributed by atoms with van der Waals surface area (Å²) in [6.07, 6.45) is 4.59. The average Bonchev–Trinajstić information content (AvgIpc) is 3.58. The number of aryl methyl sites for hydroxylation is 1. The van der Waals surface area contributed by atoms with Gasteiger partial charge in [0.15, 0.2) is 0 Å². The molecule has 4 aromatic rings. The van der Waals surface area contributed by atoms with Gasteiger partial charge in [-0.3, -0.25) is 9.78 Å². The standard InChI is InChI=1S/C42H49ClN4O7/c1-27-9-10-37(52-14-6-12-47-13-11-34(49)22-47)29(3)40(27)35-8-5-7-32(28(35)2)24-54-39-17-38(53-23-31-15-30(18-44)19-45-20-31)33(16-36(39)43)21-46-25-42(4,26-48)41(50)51/h5,7-10,15-17,19-20,34,46,48-49H,6,11-14,21-26H2,1-4H3,(H,50,51)/t34-,42+/m1/s1. The van der Waals surface area contributed by atoms with Crippen molar-refractivity contribution in [3.63, 3.8) is 0 Å². The molecule has 0 radical (unpaired) electrons. The zero-order valence-corrected chi connectivity index (χ0v) is 32.1. The average molecular weight is 757 g/mol. The Kier molecular flexibility index (Phi) is 13.9. The second kappa shape index (κ2) is 18.6. The maximum absolute atomic E-state index is 11.7. The maximum Gasteiger partial charge on any atom is 0.313 e. The minimum absolute atomic E-state index is 0.0103. The normalized spacial score (nSPS) is 15.4. The molecule has 286 valence electrons. The number of hydrogen-bond acceptors (Lipinski definition) is 10. The second-order valence-electron chi connectivity index (χ2n) is 14.2. The van der Waals surface area contributed by atoms with Gasteiger partial charge in [-0.2, -0.15) is 5.26 Å². The van der Waals surface area contributed by atoms with E-state index in [1.807, 2.05) is 18.2 Å². The fraction of sp³-hybridized carbons (Fsp3) is 0.405. The molecule has 0 bridgehead atoms. The van der Waals surface area contributed by atoms with Gasteiger partial charge in [0.05, 0.1) is 29.9 Å². The lowest BCUT2D eigenvalue weighted by Crippen LogP contribution is -2.41. The van der Waals surface area contributed by atoms with Crippen molar-refractivity contribution in [3.05, 3.63) is 105 Å². The molecule has 1 aliphatic heterocycles. The number of carboxylic acid groups (broad SMARTS) is 1. The number of pyridine rings is 1. The number of nitrogens with one attached hydrogen (secondary N) is 1. The lowest BCUT2D eigenvalue weighted by molar-refractivity contribution is -0.149. The summed E-state index contributed by atoms with van der Waals surface area (Å²) in [6.45, 7) is 10.9. The van der Waals surface area contributed by atoms with Gasteiger partial charge in [-0.1, -0.05) is 35.9 Å². The Bertz CT molecular complexity index is 1980. The van der Waals surface area contributed by atoms with Gasteiger partial charge in [0.2, 0.25) is 0 Å². The van der Waals surface area contributed by atoms with Crippen LogP contribution in [-0.4, -0.2) is 76.7 Å². The fourth-order valence-corrected chi connectivity index (χ4v) is 6.81. The summed E-state index contributed by atoms with van der Waals surface area (Å²) in [4.78, 5) is 18.1. The molecule has 0 spiro atoms. The van der Waals surface area contributed by atoms with Crippen LogP contribution in [0, 0.1) is 37.5 Å². The van der Waals surface area contributed by atoms with E-state index in [0.29, 0.717) is 39.8 Å². The number of nitriles is 1. The lowest BCUT2D eigenvalue weighted by atomic mass is 9.90. The summed E-state index contributed by atoms with van der Waals surface area (Å²) in [6, 6.07) is 17.5. The number of carbonyl (C=O) groups is 1. The van der Waals surface area contributed by atoms with Gasteiger partial charge in [-0.25, -0.2) is 0 Å². The van der Waals surface area contributed by atoms with Gasteiger partial charge < -0.3 is 39.7 Å². The van der Waals surface area contributed by atoms with Crippen LogP contribution in [0.1, 0.15) is 58.7 Å². The summed E-state index contributed by atoms with van der Waals surface area (Å²) in [7, 11) is 0. The third-order valence-electron chi connectivity index (χ3n) is 9.98. The van der Waals surface area contributed by atoms with Crippen LogP contribution in [0.5, 0.6) is 17.2 Å². The van der Waals surface area contributed by atoms with Crippen LogP contribution < -0.4 is 19.5 Å². The number of ether oxygens (including phenoxy) is 3. The Morgan fingerprint density at radius 1 is 1.04 bits per heavy atom.